The van der Waals surface area contributed by atoms with Gasteiger partial charge in [0.05, 0.1) is 16.0 Å². The van der Waals surface area contributed by atoms with E-state index < -0.39 is 11.6 Å². The van der Waals surface area contributed by atoms with Gasteiger partial charge in [0.1, 0.15) is 0 Å². The summed E-state index contributed by atoms with van der Waals surface area (Å²) in [4.78, 5) is 11.8. The van der Waals surface area contributed by atoms with Gasteiger partial charge in [-0.2, -0.15) is 0 Å². The second-order valence-corrected chi connectivity index (χ2v) is 6.52. The fourth-order valence-electron chi connectivity index (χ4n) is 2.91. The minimum Gasteiger partial charge on any atom is -0.478 e. The van der Waals surface area contributed by atoms with Crippen molar-refractivity contribution in [3.63, 3.8) is 0 Å². The molecule has 1 aliphatic rings. The molecule has 3 nitrogen and oxygen atoms in total. The molecular formula is C14H20O3S. The molecule has 18 heavy (non-hydrogen) atoms. The summed E-state index contributed by atoms with van der Waals surface area (Å²) in [5.74, 6) is 0.0731. The van der Waals surface area contributed by atoms with E-state index in [9.17, 15) is 15.0 Å². The van der Waals surface area contributed by atoms with E-state index in [2.05, 4.69) is 13.8 Å². The molecule has 0 saturated heterocycles. The summed E-state index contributed by atoms with van der Waals surface area (Å²) in [6.45, 7) is 4.34. The first-order valence-corrected chi connectivity index (χ1v) is 7.35. The largest absolute Gasteiger partial charge is 0.478 e. The van der Waals surface area contributed by atoms with Crippen LogP contribution in [0.5, 0.6) is 0 Å². The normalized spacial score (nSPS) is 28.6. The van der Waals surface area contributed by atoms with Gasteiger partial charge in [-0.1, -0.05) is 13.8 Å². The molecule has 1 saturated carbocycles. The fraction of sp³-hybridized carbons (Fsp3) is 0.643. The molecule has 4 heteroatoms. The van der Waals surface area contributed by atoms with Gasteiger partial charge in [-0.3, -0.25) is 0 Å². The zero-order valence-corrected chi connectivity index (χ0v) is 11.7. The molecule has 0 spiro atoms. The average molecular weight is 268 g/mol. The van der Waals surface area contributed by atoms with E-state index in [0.717, 1.165) is 12.8 Å². The van der Waals surface area contributed by atoms with Gasteiger partial charge in [0.2, 0.25) is 0 Å². The number of thiophene rings is 1. The first-order valence-electron chi connectivity index (χ1n) is 6.47. The Morgan fingerprint density at radius 2 is 2.28 bits per heavy atom. The molecule has 1 aliphatic carbocycles. The number of aromatic carboxylic acids is 1. The first kappa shape index (κ1) is 13.6. The summed E-state index contributed by atoms with van der Waals surface area (Å²) in [5.41, 5.74) is -0.665. The fourth-order valence-corrected chi connectivity index (χ4v) is 3.94. The molecule has 0 amide bonds. The molecule has 2 unspecified atom stereocenters. The molecule has 0 bridgehead atoms. The Balaban J connectivity index is 2.30. The summed E-state index contributed by atoms with van der Waals surface area (Å²) in [7, 11) is 0. The van der Waals surface area contributed by atoms with E-state index in [1.807, 2.05) is 0 Å². The van der Waals surface area contributed by atoms with Crippen LogP contribution >= 0.6 is 11.3 Å². The number of hydrogen-bond donors (Lipinski definition) is 2. The van der Waals surface area contributed by atoms with E-state index >= 15 is 0 Å². The van der Waals surface area contributed by atoms with Gasteiger partial charge < -0.3 is 10.2 Å². The van der Waals surface area contributed by atoms with Gasteiger partial charge in [-0.15, -0.1) is 11.3 Å². The van der Waals surface area contributed by atoms with Crippen molar-refractivity contribution in [1.82, 2.24) is 0 Å². The Morgan fingerprint density at radius 3 is 2.89 bits per heavy atom. The zero-order valence-electron chi connectivity index (χ0n) is 10.8. The minimum absolute atomic E-state index is 0.270. The number of carboxylic acid groups (broad SMARTS) is 1. The standard InChI is InChI=1S/C14H20O3S/c1-9(2)10-4-3-6-14(17,8-10)12-11(13(15)16)5-7-18-12/h5,7,9-10,17H,3-4,6,8H2,1-2H3,(H,15,16). The predicted octanol–water partition coefficient (Wildman–Crippen LogP) is 3.48. The predicted molar refractivity (Wildman–Crippen MR) is 72.0 cm³/mol. The monoisotopic (exact) mass is 268 g/mol. The number of rotatable bonds is 3. The highest BCUT2D eigenvalue weighted by atomic mass is 32.1. The number of carboxylic acids is 1. The van der Waals surface area contributed by atoms with Gasteiger partial charge in [-0.05, 0) is 49.0 Å². The van der Waals surface area contributed by atoms with Gasteiger partial charge >= 0.3 is 5.97 Å². The lowest BCUT2D eigenvalue weighted by Crippen LogP contribution is -2.34. The van der Waals surface area contributed by atoms with Crippen LogP contribution in [0.4, 0.5) is 0 Å². The number of carbonyl (C=O) groups is 1. The zero-order chi connectivity index (χ0) is 13.3. The lowest BCUT2D eigenvalue weighted by atomic mass is 9.72. The molecule has 0 aliphatic heterocycles. The van der Waals surface area contributed by atoms with Crippen molar-refractivity contribution >= 4 is 17.3 Å². The van der Waals surface area contributed by atoms with E-state index in [-0.39, 0.29) is 5.56 Å². The molecule has 0 radical (unpaired) electrons. The van der Waals surface area contributed by atoms with E-state index in [0.29, 0.717) is 29.6 Å². The Labute approximate surface area is 111 Å². The van der Waals surface area contributed by atoms with Crippen molar-refractivity contribution in [2.45, 2.75) is 45.1 Å². The van der Waals surface area contributed by atoms with Crippen LogP contribution in [0.15, 0.2) is 11.4 Å². The Hall–Kier alpha value is -0.870. The third-order valence-electron chi connectivity index (χ3n) is 4.03. The van der Waals surface area contributed by atoms with Crippen molar-refractivity contribution in [1.29, 1.82) is 0 Å². The van der Waals surface area contributed by atoms with Crippen molar-refractivity contribution in [2.24, 2.45) is 11.8 Å². The van der Waals surface area contributed by atoms with E-state index in [1.165, 1.54) is 11.3 Å². The van der Waals surface area contributed by atoms with E-state index in [1.54, 1.807) is 11.4 Å². The highest BCUT2D eigenvalue weighted by Crippen LogP contribution is 2.45. The Morgan fingerprint density at radius 1 is 1.56 bits per heavy atom. The molecule has 1 fully saturated rings. The van der Waals surface area contributed by atoms with Gasteiger partial charge in [0.25, 0.3) is 0 Å². The maximum absolute atomic E-state index is 11.2. The molecular weight excluding hydrogens is 248 g/mol. The second kappa shape index (κ2) is 5.02. The highest BCUT2D eigenvalue weighted by molar-refractivity contribution is 7.10. The topological polar surface area (TPSA) is 57.5 Å². The molecule has 2 N–H and O–H groups in total. The van der Waals surface area contributed by atoms with Crippen molar-refractivity contribution in [3.05, 3.63) is 21.9 Å². The Kier molecular flexibility index (Phi) is 3.78. The Bertz CT molecular complexity index is 438. The summed E-state index contributed by atoms with van der Waals surface area (Å²) >= 11 is 1.37. The summed E-state index contributed by atoms with van der Waals surface area (Å²) in [6, 6.07) is 1.60. The average Bonchev–Trinajstić information content (AvgIpc) is 2.78. The van der Waals surface area contributed by atoms with Crippen LogP contribution in [-0.2, 0) is 5.60 Å². The van der Waals surface area contributed by atoms with Crippen LogP contribution in [0.1, 0.15) is 54.8 Å². The maximum atomic E-state index is 11.2. The summed E-state index contributed by atoms with van der Waals surface area (Å²) in [5, 5.41) is 21.8. The SMILES string of the molecule is CC(C)C1CCCC(O)(c2sccc2C(=O)O)C1. The van der Waals surface area contributed by atoms with Crippen molar-refractivity contribution in [2.75, 3.05) is 0 Å². The molecule has 2 atom stereocenters. The summed E-state index contributed by atoms with van der Waals surface area (Å²) < 4.78 is 0. The number of aliphatic hydroxyl groups is 1. The smallest absolute Gasteiger partial charge is 0.336 e. The van der Waals surface area contributed by atoms with Crippen LogP contribution in [0.25, 0.3) is 0 Å². The lowest BCUT2D eigenvalue weighted by Gasteiger charge is -2.38. The molecule has 100 valence electrons. The number of hydrogen-bond acceptors (Lipinski definition) is 3. The lowest BCUT2D eigenvalue weighted by molar-refractivity contribution is -0.0273. The molecule has 2 rings (SSSR count). The summed E-state index contributed by atoms with van der Waals surface area (Å²) in [6.07, 6.45) is 3.46. The maximum Gasteiger partial charge on any atom is 0.336 e. The third-order valence-corrected chi connectivity index (χ3v) is 5.13. The second-order valence-electron chi connectivity index (χ2n) is 5.60. The van der Waals surface area contributed by atoms with Gasteiger partial charge in [0, 0.05) is 0 Å². The van der Waals surface area contributed by atoms with Crippen LogP contribution in [0.3, 0.4) is 0 Å². The molecule has 1 heterocycles. The first-order chi connectivity index (χ1) is 8.44. The van der Waals surface area contributed by atoms with Crippen LogP contribution in [0, 0.1) is 11.8 Å². The van der Waals surface area contributed by atoms with Gasteiger partial charge in [-0.25, -0.2) is 4.79 Å². The van der Waals surface area contributed by atoms with E-state index in [4.69, 9.17) is 0 Å². The van der Waals surface area contributed by atoms with Gasteiger partial charge in [0.15, 0.2) is 0 Å². The van der Waals surface area contributed by atoms with Crippen molar-refractivity contribution in [3.8, 4) is 0 Å². The third kappa shape index (κ3) is 2.45. The highest BCUT2D eigenvalue weighted by Gasteiger charge is 2.40. The van der Waals surface area contributed by atoms with Crippen LogP contribution < -0.4 is 0 Å². The molecule has 1 aromatic heterocycles. The van der Waals surface area contributed by atoms with Crippen molar-refractivity contribution < 1.29 is 15.0 Å². The van der Waals surface area contributed by atoms with Crippen LogP contribution in [0.2, 0.25) is 0 Å². The quantitative estimate of drug-likeness (QED) is 0.882. The molecule has 1 aromatic rings. The van der Waals surface area contributed by atoms with Crippen LogP contribution in [-0.4, -0.2) is 16.2 Å². The molecule has 0 aromatic carbocycles. The minimum atomic E-state index is -0.939.